The van der Waals surface area contributed by atoms with Crippen molar-refractivity contribution in [2.75, 3.05) is 11.4 Å². The Balaban J connectivity index is 2.37. The molecule has 0 aliphatic heterocycles. The lowest BCUT2D eigenvalue weighted by Crippen LogP contribution is -2.31. The molecule has 0 unspecified atom stereocenters. The molecule has 5 heteroatoms. The Morgan fingerprint density at radius 1 is 1.10 bits per heavy atom. The number of halogens is 2. The quantitative estimate of drug-likeness (QED) is 0.806. The van der Waals surface area contributed by atoms with E-state index < -0.39 is 17.5 Å². The largest absolute Gasteiger partial charge is 0.295 e. The summed E-state index contributed by atoms with van der Waals surface area (Å²) in [5, 5.41) is 8.81. The first-order chi connectivity index (χ1) is 9.63. The minimum Gasteiger partial charge on any atom is -0.295 e. The van der Waals surface area contributed by atoms with Gasteiger partial charge in [-0.1, -0.05) is 18.2 Å². The number of anilines is 1. The van der Waals surface area contributed by atoms with E-state index in [4.69, 9.17) is 5.26 Å². The van der Waals surface area contributed by atoms with Gasteiger partial charge in [-0.15, -0.1) is 0 Å². The Hall–Kier alpha value is -2.74. The number of carbonyl (C=O) groups excluding carboxylic acids is 1. The smallest absolute Gasteiger partial charge is 0.259 e. The van der Waals surface area contributed by atoms with Gasteiger partial charge in [0.15, 0.2) is 11.6 Å². The summed E-state index contributed by atoms with van der Waals surface area (Å²) in [6.45, 7) is -0.179. The van der Waals surface area contributed by atoms with Gasteiger partial charge in [0.25, 0.3) is 5.91 Å². The monoisotopic (exact) mass is 272 g/mol. The van der Waals surface area contributed by atoms with Crippen LogP contribution in [-0.4, -0.2) is 12.5 Å². The van der Waals surface area contributed by atoms with E-state index in [9.17, 15) is 13.6 Å². The first-order valence-electron chi connectivity index (χ1n) is 5.82. The maximum Gasteiger partial charge on any atom is 0.259 e. The molecular formula is C15H10F2N2O. The second-order valence-corrected chi connectivity index (χ2v) is 4.01. The minimum atomic E-state index is -1.10. The molecule has 0 N–H and O–H groups in total. The van der Waals surface area contributed by atoms with Crippen molar-refractivity contribution in [2.45, 2.75) is 0 Å². The number of hydrogen-bond donors (Lipinski definition) is 0. The minimum absolute atomic E-state index is 0.0111. The number of amides is 1. The second kappa shape index (κ2) is 5.93. The van der Waals surface area contributed by atoms with Crippen molar-refractivity contribution in [3.05, 3.63) is 65.7 Å². The summed E-state index contributed by atoms with van der Waals surface area (Å²) in [6.07, 6.45) is 0. The highest BCUT2D eigenvalue weighted by Crippen LogP contribution is 2.17. The second-order valence-electron chi connectivity index (χ2n) is 4.01. The first-order valence-corrected chi connectivity index (χ1v) is 5.82. The summed E-state index contributed by atoms with van der Waals surface area (Å²) < 4.78 is 26.1. The molecule has 0 saturated carbocycles. The number of benzene rings is 2. The van der Waals surface area contributed by atoms with Gasteiger partial charge in [-0.25, -0.2) is 8.78 Å². The van der Waals surface area contributed by atoms with Crippen molar-refractivity contribution in [2.24, 2.45) is 0 Å². The molecule has 0 aliphatic rings. The molecule has 100 valence electrons. The Morgan fingerprint density at radius 3 is 2.40 bits per heavy atom. The average Bonchev–Trinajstić information content (AvgIpc) is 2.48. The van der Waals surface area contributed by atoms with Crippen LogP contribution in [0.5, 0.6) is 0 Å². The number of carbonyl (C=O) groups is 1. The summed E-state index contributed by atoms with van der Waals surface area (Å²) in [5.41, 5.74) is 0.506. The molecule has 0 atom stereocenters. The fourth-order valence-corrected chi connectivity index (χ4v) is 1.74. The molecule has 0 fully saturated rings. The molecule has 0 heterocycles. The highest BCUT2D eigenvalue weighted by atomic mass is 19.2. The summed E-state index contributed by atoms with van der Waals surface area (Å²) in [6, 6.07) is 13.3. The average molecular weight is 272 g/mol. The summed E-state index contributed by atoms with van der Waals surface area (Å²) in [4.78, 5) is 13.5. The van der Waals surface area contributed by atoms with E-state index in [0.29, 0.717) is 5.69 Å². The molecule has 0 bridgehead atoms. The van der Waals surface area contributed by atoms with Crippen LogP contribution in [0.2, 0.25) is 0 Å². The number of para-hydroxylation sites is 1. The van der Waals surface area contributed by atoms with Gasteiger partial charge >= 0.3 is 0 Å². The maximum absolute atomic E-state index is 13.2. The number of nitrogens with zero attached hydrogens (tertiary/aromatic N) is 2. The van der Waals surface area contributed by atoms with Crippen LogP contribution in [0.1, 0.15) is 10.4 Å². The lowest BCUT2D eigenvalue weighted by molar-refractivity contribution is 0.0989. The van der Waals surface area contributed by atoms with Crippen LogP contribution >= 0.6 is 0 Å². The third-order valence-corrected chi connectivity index (χ3v) is 2.71. The first kappa shape index (κ1) is 13.7. The van der Waals surface area contributed by atoms with Crippen LogP contribution in [-0.2, 0) is 0 Å². The van der Waals surface area contributed by atoms with E-state index in [1.807, 2.05) is 6.07 Å². The Bertz CT molecular complexity index is 665. The van der Waals surface area contributed by atoms with Crippen LogP contribution < -0.4 is 4.90 Å². The zero-order valence-electron chi connectivity index (χ0n) is 10.4. The van der Waals surface area contributed by atoms with Crippen LogP contribution in [0.15, 0.2) is 48.5 Å². The standard InChI is InChI=1S/C15H10F2N2O/c16-13-7-6-11(10-14(13)17)15(20)19(9-8-18)12-4-2-1-3-5-12/h1-7,10H,9H2. The zero-order chi connectivity index (χ0) is 14.5. The predicted molar refractivity (Wildman–Crippen MR) is 70.1 cm³/mol. The van der Waals surface area contributed by atoms with E-state index >= 15 is 0 Å². The fourth-order valence-electron chi connectivity index (χ4n) is 1.74. The van der Waals surface area contributed by atoms with Gasteiger partial charge in [0, 0.05) is 11.3 Å². The van der Waals surface area contributed by atoms with E-state index in [2.05, 4.69) is 0 Å². The fraction of sp³-hybridized carbons (Fsp3) is 0.0667. The third-order valence-electron chi connectivity index (χ3n) is 2.71. The number of hydrogen-bond acceptors (Lipinski definition) is 2. The van der Waals surface area contributed by atoms with Crippen LogP contribution in [0.25, 0.3) is 0 Å². The number of nitriles is 1. The molecule has 2 aromatic rings. The van der Waals surface area contributed by atoms with Crippen molar-refractivity contribution in [3.8, 4) is 6.07 Å². The van der Waals surface area contributed by atoms with Crippen molar-refractivity contribution in [3.63, 3.8) is 0 Å². The third kappa shape index (κ3) is 2.81. The van der Waals surface area contributed by atoms with Crippen molar-refractivity contribution in [1.29, 1.82) is 5.26 Å². The van der Waals surface area contributed by atoms with E-state index in [1.165, 1.54) is 11.0 Å². The van der Waals surface area contributed by atoms with Gasteiger partial charge in [0.05, 0.1) is 6.07 Å². The Labute approximate surface area is 114 Å². The van der Waals surface area contributed by atoms with Crippen LogP contribution in [0, 0.1) is 23.0 Å². The van der Waals surface area contributed by atoms with Gasteiger partial charge < -0.3 is 0 Å². The van der Waals surface area contributed by atoms with Gasteiger partial charge in [0.1, 0.15) is 6.54 Å². The molecule has 0 radical (unpaired) electrons. The molecule has 0 aromatic heterocycles. The molecule has 2 rings (SSSR count). The number of rotatable bonds is 3. The SMILES string of the molecule is N#CCN(C(=O)c1ccc(F)c(F)c1)c1ccccc1. The van der Waals surface area contributed by atoms with Crippen molar-refractivity contribution in [1.82, 2.24) is 0 Å². The molecule has 3 nitrogen and oxygen atoms in total. The van der Waals surface area contributed by atoms with Gasteiger partial charge in [-0.3, -0.25) is 9.69 Å². The highest BCUT2D eigenvalue weighted by Gasteiger charge is 2.18. The molecule has 20 heavy (non-hydrogen) atoms. The van der Waals surface area contributed by atoms with Crippen molar-refractivity contribution < 1.29 is 13.6 Å². The van der Waals surface area contributed by atoms with E-state index in [0.717, 1.165) is 12.1 Å². The topological polar surface area (TPSA) is 44.1 Å². The Kier molecular flexibility index (Phi) is 4.06. The molecule has 1 amide bonds. The van der Waals surface area contributed by atoms with E-state index in [-0.39, 0.29) is 12.1 Å². The van der Waals surface area contributed by atoms with Gasteiger partial charge in [-0.2, -0.15) is 5.26 Å². The van der Waals surface area contributed by atoms with Crippen LogP contribution in [0.3, 0.4) is 0 Å². The summed E-state index contributed by atoms with van der Waals surface area (Å²) >= 11 is 0. The normalized spacial score (nSPS) is 9.85. The molecule has 2 aromatic carbocycles. The van der Waals surface area contributed by atoms with E-state index in [1.54, 1.807) is 30.3 Å². The highest BCUT2D eigenvalue weighted by molar-refractivity contribution is 6.06. The lowest BCUT2D eigenvalue weighted by Gasteiger charge is -2.19. The Morgan fingerprint density at radius 2 is 1.80 bits per heavy atom. The zero-order valence-corrected chi connectivity index (χ0v) is 10.4. The summed E-state index contributed by atoms with van der Waals surface area (Å²) in [5.74, 6) is -2.68. The molecule has 0 spiro atoms. The molecule has 0 saturated heterocycles. The van der Waals surface area contributed by atoms with Crippen molar-refractivity contribution >= 4 is 11.6 Å². The molecular weight excluding hydrogens is 262 g/mol. The van der Waals surface area contributed by atoms with Gasteiger partial charge in [-0.05, 0) is 30.3 Å². The van der Waals surface area contributed by atoms with Gasteiger partial charge in [0.2, 0.25) is 0 Å². The molecule has 0 aliphatic carbocycles. The predicted octanol–water partition coefficient (Wildman–Crippen LogP) is 3.14. The lowest BCUT2D eigenvalue weighted by atomic mass is 10.1. The van der Waals surface area contributed by atoms with Crippen LogP contribution in [0.4, 0.5) is 14.5 Å². The maximum atomic E-state index is 13.2. The summed E-state index contributed by atoms with van der Waals surface area (Å²) in [7, 11) is 0.